The number of rotatable bonds is 1. The first-order valence-corrected chi connectivity index (χ1v) is 5.38. The summed E-state index contributed by atoms with van der Waals surface area (Å²) in [6.45, 7) is 0. The Hall–Kier alpha value is -1.66. The maximum absolute atomic E-state index is 13.9. The molecule has 0 aromatic carbocycles. The number of esters is 1. The van der Waals surface area contributed by atoms with Gasteiger partial charge in [0.1, 0.15) is 6.17 Å². The van der Waals surface area contributed by atoms with Crippen molar-refractivity contribution in [1.82, 2.24) is 10.6 Å². The minimum absolute atomic E-state index is 0.109. The highest BCUT2D eigenvalue weighted by Crippen LogP contribution is 2.64. The van der Waals surface area contributed by atoms with E-state index >= 15 is 0 Å². The normalized spacial score (nSPS) is 46.5. The van der Waals surface area contributed by atoms with Crippen molar-refractivity contribution in [1.29, 1.82) is 0 Å². The van der Waals surface area contributed by atoms with Gasteiger partial charge in [0.15, 0.2) is 5.54 Å². The van der Waals surface area contributed by atoms with Crippen LogP contribution in [-0.4, -0.2) is 36.7 Å². The predicted octanol–water partition coefficient (Wildman–Crippen LogP) is -0.658. The van der Waals surface area contributed by atoms with E-state index in [2.05, 4.69) is 10.1 Å². The molecular formula is C10H11FN2O4. The van der Waals surface area contributed by atoms with E-state index in [-0.39, 0.29) is 12.3 Å². The van der Waals surface area contributed by atoms with Crippen LogP contribution < -0.4 is 10.6 Å². The van der Waals surface area contributed by atoms with Crippen LogP contribution in [0, 0.1) is 17.8 Å². The SMILES string of the molecule is COC(=O)C1C2CC(F)C3(NC(=O)NC3=O)C21. The number of imide groups is 1. The zero-order chi connectivity index (χ0) is 12.4. The Balaban J connectivity index is 1.93. The van der Waals surface area contributed by atoms with Crippen LogP contribution >= 0.6 is 0 Å². The summed E-state index contributed by atoms with van der Waals surface area (Å²) in [4.78, 5) is 34.3. The van der Waals surface area contributed by atoms with Gasteiger partial charge in [0, 0.05) is 5.92 Å². The lowest BCUT2D eigenvalue weighted by molar-refractivity contribution is -0.143. The van der Waals surface area contributed by atoms with Crippen LogP contribution in [0.2, 0.25) is 0 Å². The Kier molecular flexibility index (Phi) is 1.83. The monoisotopic (exact) mass is 242 g/mol. The number of hydrogen-bond acceptors (Lipinski definition) is 4. The molecule has 1 spiro atoms. The first kappa shape index (κ1) is 10.5. The molecule has 3 aliphatic rings. The summed E-state index contributed by atoms with van der Waals surface area (Å²) in [5, 5.41) is 4.38. The van der Waals surface area contributed by atoms with Crippen LogP contribution in [0.5, 0.6) is 0 Å². The number of alkyl halides is 1. The van der Waals surface area contributed by atoms with E-state index in [4.69, 9.17) is 0 Å². The molecule has 3 fully saturated rings. The maximum atomic E-state index is 13.9. The maximum Gasteiger partial charge on any atom is 0.322 e. The standard InChI is InChI=1S/C10H11FN2O4/c1-17-7(14)5-3-2-4(11)10(6(3)5)8(15)12-9(16)13-10/h3-6H,2H2,1H3,(H2,12,13,15,16). The van der Waals surface area contributed by atoms with Gasteiger partial charge < -0.3 is 10.1 Å². The van der Waals surface area contributed by atoms with E-state index in [9.17, 15) is 18.8 Å². The van der Waals surface area contributed by atoms with Gasteiger partial charge in [0.2, 0.25) is 0 Å². The zero-order valence-corrected chi connectivity index (χ0v) is 9.03. The molecular weight excluding hydrogens is 231 g/mol. The van der Waals surface area contributed by atoms with Crippen LogP contribution in [0.15, 0.2) is 0 Å². The summed E-state index contributed by atoms with van der Waals surface area (Å²) >= 11 is 0. The topological polar surface area (TPSA) is 84.5 Å². The summed E-state index contributed by atoms with van der Waals surface area (Å²) < 4.78 is 18.5. The molecule has 3 rings (SSSR count). The molecule has 17 heavy (non-hydrogen) atoms. The van der Waals surface area contributed by atoms with Gasteiger partial charge in [-0.15, -0.1) is 0 Å². The van der Waals surface area contributed by atoms with Crippen molar-refractivity contribution in [2.75, 3.05) is 7.11 Å². The van der Waals surface area contributed by atoms with Crippen molar-refractivity contribution in [3.8, 4) is 0 Å². The van der Waals surface area contributed by atoms with Crippen molar-refractivity contribution in [2.24, 2.45) is 17.8 Å². The predicted molar refractivity (Wildman–Crippen MR) is 51.4 cm³/mol. The smallest absolute Gasteiger partial charge is 0.322 e. The quantitative estimate of drug-likeness (QED) is 0.472. The van der Waals surface area contributed by atoms with Gasteiger partial charge in [-0.2, -0.15) is 0 Å². The average Bonchev–Trinajstić information content (AvgIpc) is 2.80. The van der Waals surface area contributed by atoms with Crippen molar-refractivity contribution in [3.63, 3.8) is 0 Å². The molecule has 2 aliphatic carbocycles. The number of ether oxygens (including phenoxy) is 1. The number of methoxy groups -OCH3 is 1. The molecule has 2 saturated carbocycles. The zero-order valence-electron chi connectivity index (χ0n) is 9.03. The van der Waals surface area contributed by atoms with E-state index in [1.807, 2.05) is 5.32 Å². The molecule has 6 nitrogen and oxygen atoms in total. The molecule has 5 atom stereocenters. The number of nitrogens with one attached hydrogen (secondary N) is 2. The van der Waals surface area contributed by atoms with Crippen LogP contribution in [0.3, 0.4) is 0 Å². The Morgan fingerprint density at radius 1 is 1.53 bits per heavy atom. The van der Waals surface area contributed by atoms with E-state index in [0.717, 1.165) is 0 Å². The van der Waals surface area contributed by atoms with Crippen molar-refractivity contribution in [2.45, 2.75) is 18.1 Å². The summed E-state index contributed by atoms with van der Waals surface area (Å²) in [5.41, 5.74) is -1.55. The number of hydrogen-bond donors (Lipinski definition) is 2. The lowest BCUT2D eigenvalue weighted by Crippen LogP contribution is -2.55. The van der Waals surface area contributed by atoms with Crippen molar-refractivity contribution >= 4 is 17.9 Å². The number of carbonyl (C=O) groups excluding carboxylic acids is 3. The Morgan fingerprint density at radius 3 is 2.76 bits per heavy atom. The lowest BCUT2D eigenvalue weighted by Gasteiger charge is -2.26. The van der Waals surface area contributed by atoms with E-state index < -0.39 is 41.5 Å². The fourth-order valence-electron chi connectivity index (χ4n) is 3.32. The highest BCUT2D eigenvalue weighted by Gasteiger charge is 2.77. The second kappa shape index (κ2) is 2.96. The van der Waals surface area contributed by atoms with Crippen LogP contribution in [0.4, 0.5) is 9.18 Å². The molecule has 1 saturated heterocycles. The minimum atomic E-state index is -1.55. The molecule has 0 aromatic rings. The second-order valence-electron chi connectivity index (χ2n) is 4.72. The third-order valence-electron chi connectivity index (χ3n) is 4.06. The van der Waals surface area contributed by atoms with E-state index in [1.54, 1.807) is 0 Å². The molecule has 0 aromatic heterocycles. The molecule has 2 N–H and O–H groups in total. The van der Waals surface area contributed by atoms with Gasteiger partial charge in [0.25, 0.3) is 5.91 Å². The molecule has 0 bridgehead atoms. The Morgan fingerprint density at radius 2 is 2.24 bits per heavy atom. The lowest BCUT2D eigenvalue weighted by atomic mass is 9.89. The van der Waals surface area contributed by atoms with Gasteiger partial charge in [-0.3, -0.25) is 14.9 Å². The van der Waals surface area contributed by atoms with Gasteiger partial charge in [0.05, 0.1) is 13.0 Å². The van der Waals surface area contributed by atoms with E-state index in [1.165, 1.54) is 7.11 Å². The summed E-state index contributed by atoms with van der Waals surface area (Å²) in [6.07, 6.45) is -1.33. The fourth-order valence-corrected chi connectivity index (χ4v) is 3.32. The van der Waals surface area contributed by atoms with Gasteiger partial charge in [-0.25, -0.2) is 9.18 Å². The molecule has 5 unspecified atom stereocenters. The third kappa shape index (κ3) is 1.06. The van der Waals surface area contributed by atoms with Crippen molar-refractivity contribution < 1.29 is 23.5 Å². The number of halogens is 1. The molecule has 3 amide bonds. The summed E-state index contributed by atoms with van der Waals surface area (Å²) in [7, 11) is 1.25. The van der Waals surface area contributed by atoms with Crippen LogP contribution in [0.1, 0.15) is 6.42 Å². The van der Waals surface area contributed by atoms with Crippen molar-refractivity contribution in [3.05, 3.63) is 0 Å². The highest BCUT2D eigenvalue weighted by molar-refractivity contribution is 6.09. The van der Waals surface area contributed by atoms with Gasteiger partial charge in [-0.1, -0.05) is 0 Å². The molecule has 1 aliphatic heterocycles. The molecule has 1 heterocycles. The summed E-state index contributed by atoms with van der Waals surface area (Å²) in [5.74, 6) is -2.27. The molecule has 0 radical (unpaired) electrons. The molecule has 7 heteroatoms. The third-order valence-corrected chi connectivity index (χ3v) is 4.06. The fraction of sp³-hybridized carbons (Fsp3) is 0.700. The largest absolute Gasteiger partial charge is 0.469 e. The Labute approximate surface area is 95.9 Å². The van der Waals surface area contributed by atoms with E-state index in [0.29, 0.717) is 0 Å². The number of fused-ring (bicyclic) bond motifs is 2. The van der Waals surface area contributed by atoms with Gasteiger partial charge >= 0.3 is 12.0 Å². The van der Waals surface area contributed by atoms with Gasteiger partial charge in [-0.05, 0) is 12.3 Å². The van der Waals surface area contributed by atoms with Crippen LogP contribution in [0.25, 0.3) is 0 Å². The number of carbonyl (C=O) groups is 3. The first-order chi connectivity index (χ1) is 8.02. The average molecular weight is 242 g/mol. The van der Waals surface area contributed by atoms with Crippen LogP contribution in [-0.2, 0) is 14.3 Å². The molecule has 92 valence electrons. The summed E-state index contributed by atoms with van der Waals surface area (Å²) in [6, 6.07) is -0.700. The number of urea groups is 1. The number of amides is 3. The Bertz CT molecular complexity index is 440. The highest BCUT2D eigenvalue weighted by atomic mass is 19.1. The second-order valence-corrected chi connectivity index (χ2v) is 4.72. The minimum Gasteiger partial charge on any atom is -0.469 e. The first-order valence-electron chi connectivity index (χ1n) is 5.38.